The molecule has 2 heteroatoms. The van der Waals surface area contributed by atoms with Gasteiger partial charge < -0.3 is 5.32 Å². The summed E-state index contributed by atoms with van der Waals surface area (Å²) in [7, 11) is 0. The van der Waals surface area contributed by atoms with Crippen molar-refractivity contribution in [3.8, 4) is 0 Å². The number of anilines is 2. The first kappa shape index (κ1) is 19.0. The number of benzene rings is 4. The van der Waals surface area contributed by atoms with E-state index < -0.39 is 0 Å². The molecule has 5 rings (SSSR count). The fourth-order valence-electron chi connectivity index (χ4n) is 4.23. The minimum atomic E-state index is 0.307. The summed E-state index contributed by atoms with van der Waals surface area (Å²) in [6.07, 6.45) is 0. The third kappa shape index (κ3) is 3.53. The van der Waals surface area contributed by atoms with Crippen molar-refractivity contribution in [2.75, 3.05) is 5.32 Å². The van der Waals surface area contributed by atoms with Gasteiger partial charge in [-0.15, -0.1) is 0 Å². The van der Waals surface area contributed by atoms with E-state index in [1.54, 1.807) is 0 Å². The molecule has 148 valence electrons. The summed E-state index contributed by atoms with van der Waals surface area (Å²) in [5, 5.41) is 3.74. The molecule has 1 heterocycles. The normalized spacial score (nSPS) is 14.2. The second kappa shape index (κ2) is 8.04. The van der Waals surface area contributed by atoms with Crippen molar-refractivity contribution in [3.63, 3.8) is 0 Å². The smallest absolute Gasteiger partial charge is 0.0565 e. The highest BCUT2D eigenvalue weighted by atomic mass is 32.2. The predicted octanol–water partition coefficient (Wildman–Crippen LogP) is 8.20. The van der Waals surface area contributed by atoms with Crippen molar-refractivity contribution in [3.05, 3.63) is 119 Å². The number of hydrogen-bond donors (Lipinski definition) is 1. The van der Waals surface area contributed by atoms with Crippen molar-refractivity contribution in [2.24, 2.45) is 0 Å². The SMILES string of the molecule is CC(c1ccccc1)c1cc2c(c(C(C)c3ccccc3)c1)Nc1ccccc1S2. The lowest BCUT2D eigenvalue weighted by Gasteiger charge is -2.28. The van der Waals surface area contributed by atoms with Crippen molar-refractivity contribution >= 4 is 23.1 Å². The van der Waals surface area contributed by atoms with E-state index >= 15 is 0 Å². The van der Waals surface area contributed by atoms with Crippen LogP contribution in [0, 0.1) is 0 Å². The van der Waals surface area contributed by atoms with Gasteiger partial charge in [0.1, 0.15) is 0 Å². The molecule has 0 radical (unpaired) electrons. The first-order valence-electron chi connectivity index (χ1n) is 10.5. The lowest BCUT2D eigenvalue weighted by Crippen LogP contribution is -2.09. The Balaban J connectivity index is 1.64. The van der Waals surface area contributed by atoms with E-state index in [1.807, 2.05) is 11.8 Å². The second-order valence-corrected chi connectivity index (χ2v) is 9.06. The van der Waals surface area contributed by atoms with Crippen LogP contribution in [-0.4, -0.2) is 0 Å². The third-order valence-corrected chi connectivity index (χ3v) is 7.21. The Hall–Kier alpha value is -2.97. The molecule has 0 aromatic heterocycles. The molecular formula is C28H25NS. The van der Waals surface area contributed by atoms with Gasteiger partial charge >= 0.3 is 0 Å². The minimum Gasteiger partial charge on any atom is -0.353 e. The van der Waals surface area contributed by atoms with Gasteiger partial charge in [0.05, 0.1) is 11.4 Å². The van der Waals surface area contributed by atoms with E-state index in [4.69, 9.17) is 0 Å². The molecule has 0 aliphatic carbocycles. The summed E-state index contributed by atoms with van der Waals surface area (Å²) < 4.78 is 0. The molecule has 0 spiro atoms. The van der Waals surface area contributed by atoms with Gasteiger partial charge in [-0.25, -0.2) is 0 Å². The Bertz CT molecular complexity index is 1170. The summed E-state index contributed by atoms with van der Waals surface area (Å²) in [4.78, 5) is 2.60. The van der Waals surface area contributed by atoms with Crippen molar-refractivity contribution < 1.29 is 0 Å². The first-order valence-corrected chi connectivity index (χ1v) is 11.3. The zero-order chi connectivity index (χ0) is 20.5. The molecule has 0 saturated heterocycles. The number of hydrogen-bond acceptors (Lipinski definition) is 2. The van der Waals surface area contributed by atoms with Crippen LogP contribution in [0.2, 0.25) is 0 Å². The van der Waals surface area contributed by atoms with E-state index in [0.29, 0.717) is 11.8 Å². The molecule has 0 amide bonds. The van der Waals surface area contributed by atoms with Crippen LogP contribution in [0.1, 0.15) is 47.9 Å². The highest BCUT2D eigenvalue weighted by molar-refractivity contribution is 7.99. The molecule has 1 aliphatic heterocycles. The molecule has 1 aliphatic rings. The van der Waals surface area contributed by atoms with Crippen LogP contribution < -0.4 is 5.32 Å². The van der Waals surface area contributed by atoms with Crippen LogP contribution in [0.3, 0.4) is 0 Å². The first-order chi connectivity index (χ1) is 14.7. The molecular weight excluding hydrogens is 382 g/mol. The van der Waals surface area contributed by atoms with Crippen LogP contribution in [0.15, 0.2) is 107 Å². The average Bonchev–Trinajstić information content (AvgIpc) is 2.82. The van der Waals surface area contributed by atoms with Crippen molar-refractivity contribution in [1.82, 2.24) is 0 Å². The van der Waals surface area contributed by atoms with Gasteiger partial charge in [0, 0.05) is 21.6 Å². The maximum Gasteiger partial charge on any atom is 0.0565 e. The molecule has 0 fully saturated rings. The standard InChI is InChI=1S/C28H25NS/c1-19(21-11-5-3-6-12-21)23-17-24(20(2)22-13-7-4-8-14-22)28-27(18-23)30-26-16-10-9-15-25(26)29-28/h3-20,29H,1-2H3. The zero-order valence-corrected chi connectivity index (χ0v) is 18.1. The molecule has 4 aromatic rings. The van der Waals surface area contributed by atoms with Crippen LogP contribution in [-0.2, 0) is 0 Å². The van der Waals surface area contributed by atoms with E-state index in [2.05, 4.69) is 116 Å². The molecule has 1 N–H and O–H groups in total. The summed E-state index contributed by atoms with van der Waals surface area (Å²) in [6, 6.07) is 35.0. The molecule has 0 saturated carbocycles. The minimum absolute atomic E-state index is 0.307. The Morgan fingerprint density at radius 2 is 1.20 bits per heavy atom. The maximum atomic E-state index is 3.74. The van der Waals surface area contributed by atoms with Crippen LogP contribution in [0.5, 0.6) is 0 Å². The van der Waals surface area contributed by atoms with Gasteiger partial charge in [0.15, 0.2) is 0 Å². The predicted molar refractivity (Wildman–Crippen MR) is 128 cm³/mol. The fourth-order valence-corrected chi connectivity index (χ4v) is 5.31. The quantitative estimate of drug-likeness (QED) is 0.322. The van der Waals surface area contributed by atoms with Crippen molar-refractivity contribution in [2.45, 2.75) is 35.5 Å². The van der Waals surface area contributed by atoms with E-state index in [0.717, 1.165) is 0 Å². The molecule has 0 bridgehead atoms. The topological polar surface area (TPSA) is 12.0 Å². The molecule has 30 heavy (non-hydrogen) atoms. The highest BCUT2D eigenvalue weighted by Crippen LogP contribution is 2.49. The van der Waals surface area contributed by atoms with E-state index in [-0.39, 0.29) is 0 Å². The summed E-state index contributed by atoms with van der Waals surface area (Å²) >= 11 is 1.87. The number of rotatable bonds is 4. The largest absolute Gasteiger partial charge is 0.353 e. The van der Waals surface area contributed by atoms with Crippen LogP contribution in [0.4, 0.5) is 11.4 Å². The monoisotopic (exact) mass is 407 g/mol. The average molecular weight is 408 g/mol. The Kier molecular flexibility index (Phi) is 5.10. The summed E-state index contributed by atoms with van der Waals surface area (Å²) in [5.74, 6) is 0.650. The molecule has 2 unspecified atom stereocenters. The maximum absolute atomic E-state index is 3.74. The molecule has 1 nitrogen and oxygen atoms in total. The Labute approximate surface area is 183 Å². The number of nitrogens with one attached hydrogen (secondary N) is 1. The van der Waals surface area contributed by atoms with Gasteiger partial charge in [0.2, 0.25) is 0 Å². The Morgan fingerprint density at radius 1 is 0.600 bits per heavy atom. The Morgan fingerprint density at radius 3 is 1.90 bits per heavy atom. The second-order valence-electron chi connectivity index (χ2n) is 7.97. The van der Waals surface area contributed by atoms with Gasteiger partial charge in [-0.1, -0.05) is 104 Å². The van der Waals surface area contributed by atoms with E-state index in [1.165, 1.54) is 43.4 Å². The van der Waals surface area contributed by atoms with Crippen LogP contribution >= 0.6 is 11.8 Å². The lowest BCUT2D eigenvalue weighted by atomic mass is 9.86. The highest BCUT2D eigenvalue weighted by Gasteiger charge is 2.24. The van der Waals surface area contributed by atoms with Gasteiger partial charge in [-0.05, 0) is 40.5 Å². The fraction of sp³-hybridized carbons (Fsp3) is 0.143. The lowest BCUT2D eigenvalue weighted by molar-refractivity contribution is 0.879. The third-order valence-electron chi connectivity index (χ3n) is 6.09. The van der Waals surface area contributed by atoms with Gasteiger partial charge in [0.25, 0.3) is 0 Å². The number of para-hydroxylation sites is 1. The van der Waals surface area contributed by atoms with Crippen LogP contribution in [0.25, 0.3) is 0 Å². The zero-order valence-electron chi connectivity index (χ0n) is 17.3. The van der Waals surface area contributed by atoms with E-state index in [9.17, 15) is 0 Å². The van der Waals surface area contributed by atoms with Gasteiger partial charge in [-0.2, -0.15) is 0 Å². The number of fused-ring (bicyclic) bond motifs is 2. The van der Waals surface area contributed by atoms with Gasteiger partial charge in [-0.3, -0.25) is 0 Å². The molecule has 4 aromatic carbocycles. The van der Waals surface area contributed by atoms with Crippen molar-refractivity contribution in [1.29, 1.82) is 0 Å². The molecule has 2 atom stereocenters. The summed E-state index contributed by atoms with van der Waals surface area (Å²) in [5.41, 5.74) is 7.86. The summed E-state index contributed by atoms with van der Waals surface area (Å²) in [6.45, 7) is 4.62.